The summed E-state index contributed by atoms with van der Waals surface area (Å²) in [5.41, 5.74) is 4.56. The number of rotatable bonds is 13. The van der Waals surface area contributed by atoms with E-state index in [0.717, 1.165) is 29.0 Å². The van der Waals surface area contributed by atoms with Crippen molar-refractivity contribution in [1.82, 2.24) is 4.90 Å². The number of carbonyl (C=O) groups is 1. The quantitative estimate of drug-likeness (QED) is 0.133. The van der Waals surface area contributed by atoms with Crippen LogP contribution in [0.4, 0.5) is 5.69 Å². The van der Waals surface area contributed by atoms with Crippen molar-refractivity contribution in [3.8, 4) is 0 Å². The number of nitrogens with zero attached hydrogens (tertiary/aromatic N) is 2. The number of carboxylic acid groups (broad SMARTS) is 1. The van der Waals surface area contributed by atoms with Gasteiger partial charge < -0.3 is 18.9 Å². The second-order valence-corrected chi connectivity index (χ2v) is 18.2. The van der Waals surface area contributed by atoms with E-state index >= 15 is 0 Å². The fourth-order valence-electron chi connectivity index (χ4n) is 8.64. The van der Waals surface area contributed by atoms with Crippen LogP contribution in [-0.2, 0) is 35.2 Å². The minimum atomic E-state index is -4.83. The Balaban J connectivity index is 1.49. The van der Waals surface area contributed by atoms with E-state index in [0.29, 0.717) is 22.7 Å². The van der Waals surface area contributed by atoms with Gasteiger partial charge in [-0.25, -0.2) is 16.8 Å². The van der Waals surface area contributed by atoms with E-state index in [2.05, 4.69) is 50.8 Å². The summed E-state index contributed by atoms with van der Waals surface area (Å²) in [6.07, 6.45) is 14.9. The van der Waals surface area contributed by atoms with Crippen LogP contribution in [0.2, 0.25) is 0 Å². The smallest absolute Gasteiger partial charge is 0.303 e. The maximum atomic E-state index is 12.2. The summed E-state index contributed by atoms with van der Waals surface area (Å²) < 4.78 is 79.7. The zero-order chi connectivity index (χ0) is 39.9. The van der Waals surface area contributed by atoms with Gasteiger partial charge in [0, 0.05) is 64.9 Å². The topological polar surface area (TPSA) is 167 Å². The van der Waals surface area contributed by atoms with Gasteiger partial charge in [0.25, 0.3) is 0 Å². The summed E-state index contributed by atoms with van der Waals surface area (Å²) in [7, 11) is -9.35. The van der Waals surface area contributed by atoms with Crippen LogP contribution >= 0.6 is 0 Å². The highest BCUT2D eigenvalue weighted by atomic mass is 32.2. The molecule has 0 aromatic heterocycles. The van der Waals surface area contributed by atoms with Gasteiger partial charge in [-0.15, -0.1) is 0 Å². The van der Waals surface area contributed by atoms with Gasteiger partial charge in [0.15, 0.2) is 5.71 Å². The molecule has 2 aromatic rings. The Kier molecular flexibility index (Phi) is 11.2. The van der Waals surface area contributed by atoms with Crippen LogP contribution in [0, 0.1) is 5.92 Å². The number of hydrogen-bond acceptors (Lipinski definition) is 9. The number of ether oxygens (including phenoxy) is 1. The SMILES string of the molecule is CCN1C2C=C3OC(c4ccccc4)=C/C(=C\C=C\C4=[N+](CCCS(=O)(=O)[O-])c5ccc(S(=O)(=O)[O-])cc5C4(C)CCCC(=O)O)C3=CC2C(C)=CC1(C)C. The molecule has 1 aliphatic carbocycles. The Labute approximate surface area is 323 Å². The molecule has 3 heterocycles. The molecule has 1 N–H and O–H groups in total. The highest BCUT2D eigenvalue weighted by molar-refractivity contribution is 7.86. The number of allylic oxidation sites excluding steroid dienone is 5. The third kappa shape index (κ3) is 8.41. The van der Waals surface area contributed by atoms with E-state index in [4.69, 9.17) is 4.74 Å². The van der Waals surface area contributed by atoms with E-state index in [1.54, 1.807) is 0 Å². The number of carboxylic acids is 1. The molecule has 0 saturated heterocycles. The monoisotopic (exact) mass is 787 g/mol. The number of hydrogen-bond donors (Lipinski definition) is 1. The van der Waals surface area contributed by atoms with Crippen LogP contribution in [-0.4, -0.2) is 82.6 Å². The van der Waals surface area contributed by atoms with Gasteiger partial charge in [-0.05, 0) is 76.9 Å². The first kappa shape index (κ1) is 40.3. The van der Waals surface area contributed by atoms with Crippen LogP contribution < -0.4 is 0 Å². The largest absolute Gasteiger partial charge is 0.748 e. The van der Waals surface area contributed by atoms with Gasteiger partial charge in [-0.2, -0.15) is 4.58 Å². The van der Waals surface area contributed by atoms with E-state index in [1.165, 1.54) is 23.8 Å². The Bertz CT molecular complexity index is 2330. The molecule has 0 radical (unpaired) electrons. The van der Waals surface area contributed by atoms with Crippen LogP contribution in [0.1, 0.15) is 71.4 Å². The van der Waals surface area contributed by atoms with Crippen molar-refractivity contribution in [3.63, 3.8) is 0 Å². The molecule has 13 heteroatoms. The van der Waals surface area contributed by atoms with E-state index in [9.17, 15) is 35.8 Å². The molecule has 3 atom stereocenters. The second-order valence-electron chi connectivity index (χ2n) is 15.3. The minimum absolute atomic E-state index is 0.0148. The molecule has 2 aromatic carbocycles. The molecule has 292 valence electrons. The van der Waals surface area contributed by atoms with Gasteiger partial charge in [0.05, 0.1) is 20.4 Å². The summed E-state index contributed by atoms with van der Waals surface area (Å²) in [5.74, 6) is -0.0548. The molecule has 0 amide bonds. The van der Waals surface area contributed by atoms with Crippen LogP contribution in [0.5, 0.6) is 0 Å². The Hall–Kier alpha value is -4.40. The summed E-state index contributed by atoms with van der Waals surface area (Å²) in [6.45, 7) is 11.6. The highest BCUT2D eigenvalue weighted by Crippen LogP contribution is 2.46. The van der Waals surface area contributed by atoms with Crippen LogP contribution in [0.15, 0.2) is 118 Å². The van der Waals surface area contributed by atoms with Crippen molar-refractivity contribution in [2.75, 3.05) is 18.8 Å². The number of benzene rings is 2. The van der Waals surface area contributed by atoms with E-state index in [-0.39, 0.29) is 49.7 Å². The Morgan fingerprint density at radius 3 is 2.40 bits per heavy atom. The van der Waals surface area contributed by atoms with Gasteiger partial charge in [0.2, 0.25) is 5.69 Å². The standard InChI is InChI=1S/C42H48N2O9S2/c1-6-44-36-26-38-33(25-32(36)28(2)27-41(44,3)4)30(23-37(53-38)29-13-8-7-9-14-29)15-10-16-39-42(5,20-11-17-40(45)46)34-24-31(55(50,51)52)18-19-35(34)43(39)21-12-22-54(47,48)49/h7-10,13-16,18-19,23-27,32,36H,6,11-12,17,20-22H2,1-5H3,(H2-,45,46,47,48,49,50,51,52)/p-1/b16-10+,30-15+. The summed E-state index contributed by atoms with van der Waals surface area (Å²) in [6, 6.07) is 13.9. The zero-order valence-electron chi connectivity index (χ0n) is 31.7. The average molecular weight is 788 g/mol. The zero-order valence-corrected chi connectivity index (χ0v) is 33.3. The van der Waals surface area contributed by atoms with Crippen molar-refractivity contribution in [2.45, 2.75) is 82.2 Å². The molecular formula is C42H47N2O9S2-. The first-order chi connectivity index (χ1) is 25.8. The molecule has 55 heavy (non-hydrogen) atoms. The molecule has 0 saturated carbocycles. The molecule has 4 aliphatic rings. The van der Waals surface area contributed by atoms with Crippen LogP contribution in [0.25, 0.3) is 5.76 Å². The molecule has 11 nitrogen and oxygen atoms in total. The van der Waals surface area contributed by atoms with Crippen molar-refractivity contribution >= 4 is 43.4 Å². The lowest BCUT2D eigenvalue weighted by atomic mass is 9.75. The number of likely N-dealkylation sites (N-methyl/N-ethyl adjacent to an activating group) is 1. The second kappa shape index (κ2) is 15.3. The lowest BCUT2D eigenvalue weighted by Gasteiger charge is -2.49. The predicted molar refractivity (Wildman–Crippen MR) is 209 cm³/mol. The number of fused-ring (bicyclic) bond motifs is 3. The highest BCUT2D eigenvalue weighted by Gasteiger charge is 2.48. The van der Waals surface area contributed by atoms with E-state index < -0.39 is 42.3 Å². The minimum Gasteiger partial charge on any atom is -0.748 e. The maximum Gasteiger partial charge on any atom is 0.303 e. The fourth-order valence-corrected chi connectivity index (χ4v) is 9.62. The predicted octanol–water partition coefficient (Wildman–Crippen LogP) is 6.56. The third-order valence-electron chi connectivity index (χ3n) is 11.1. The van der Waals surface area contributed by atoms with Crippen LogP contribution in [0.3, 0.4) is 0 Å². The normalized spacial score (nSPS) is 24.4. The van der Waals surface area contributed by atoms with E-state index in [1.807, 2.05) is 66.1 Å². The third-order valence-corrected chi connectivity index (χ3v) is 12.7. The molecule has 6 rings (SSSR count). The van der Waals surface area contributed by atoms with Crippen molar-refractivity contribution in [1.29, 1.82) is 0 Å². The lowest BCUT2D eigenvalue weighted by molar-refractivity contribution is -0.437. The molecular weight excluding hydrogens is 741 g/mol. The lowest BCUT2D eigenvalue weighted by Crippen LogP contribution is -2.54. The number of aliphatic carboxylic acids is 1. The summed E-state index contributed by atoms with van der Waals surface area (Å²) in [4.78, 5) is 13.6. The Morgan fingerprint density at radius 1 is 1.02 bits per heavy atom. The molecule has 3 aliphatic heterocycles. The molecule has 0 fully saturated rings. The Morgan fingerprint density at radius 2 is 1.75 bits per heavy atom. The first-order valence-corrected chi connectivity index (χ1v) is 21.5. The van der Waals surface area contributed by atoms with Crippen molar-refractivity contribution in [3.05, 3.63) is 125 Å². The van der Waals surface area contributed by atoms with Crippen molar-refractivity contribution in [2.24, 2.45) is 5.92 Å². The van der Waals surface area contributed by atoms with Crippen molar-refractivity contribution < 1.29 is 45.2 Å². The molecule has 0 spiro atoms. The van der Waals surface area contributed by atoms with Gasteiger partial charge in [-0.3, -0.25) is 9.69 Å². The molecule has 3 unspecified atom stereocenters. The maximum absolute atomic E-state index is 12.2. The fraction of sp³-hybridized carbons (Fsp3) is 0.381. The summed E-state index contributed by atoms with van der Waals surface area (Å²) in [5, 5.41) is 9.48. The summed E-state index contributed by atoms with van der Waals surface area (Å²) >= 11 is 0. The van der Waals surface area contributed by atoms with Gasteiger partial charge >= 0.3 is 5.97 Å². The van der Waals surface area contributed by atoms with Gasteiger partial charge in [0.1, 0.15) is 28.2 Å². The molecule has 0 bridgehead atoms. The first-order valence-electron chi connectivity index (χ1n) is 18.5. The average Bonchev–Trinajstić information content (AvgIpc) is 3.32. The van der Waals surface area contributed by atoms with Gasteiger partial charge in [-0.1, -0.05) is 67.1 Å².